The first-order valence-electron chi connectivity index (χ1n) is 10.7. The van der Waals surface area contributed by atoms with Crippen LogP contribution in [0, 0.1) is 5.41 Å². The van der Waals surface area contributed by atoms with Gasteiger partial charge >= 0.3 is 6.61 Å². The highest BCUT2D eigenvalue weighted by Crippen LogP contribution is 2.53. The van der Waals surface area contributed by atoms with E-state index in [9.17, 15) is 8.78 Å². The zero-order chi connectivity index (χ0) is 22.9. The van der Waals surface area contributed by atoms with E-state index in [1.165, 1.54) is 30.7 Å². The van der Waals surface area contributed by atoms with Crippen LogP contribution in [0.2, 0.25) is 5.02 Å². The lowest BCUT2D eigenvalue weighted by atomic mass is 10.1. The van der Waals surface area contributed by atoms with Crippen LogP contribution in [0.3, 0.4) is 0 Å². The Morgan fingerprint density at radius 1 is 1.12 bits per heavy atom. The van der Waals surface area contributed by atoms with Crippen LogP contribution in [0.4, 0.5) is 8.78 Å². The fraction of sp³-hybridized carbons (Fsp3) is 0.458. The molecule has 0 amide bonds. The van der Waals surface area contributed by atoms with Gasteiger partial charge in [0.05, 0.1) is 11.2 Å². The summed E-state index contributed by atoms with van der Waals surface area (Å²) >= 11 is 6.57. The average molecular weight is 465 g/mol. The second kappa shape index (κ2) is 9.24. The Hall–Kier alpha value is -2.38. The summed E-state index contributed by atoms with van der Waals surface area (Å²) in [4.78, 5) is 6.32. The van der Waals surface area contributed by atoms with Crippen LogP contribution in [0.1, 0.15) is 44.7 Å². The Morgan fingerprint density at radius 3 is 2.50 bits per heavy atom. The number of rotatable bonds is 9. The molecule has 1 saturated heterocycles. The SMILES string of the molecule is CC1=C(Oc2cc(OCc3cncc(OC(F)F)c3)c(CN3CCCC3)cc2Cl)C1(C)C. The molecule has 5 nitrogen and oxygen atoms in total. The van der Waals surface area contributed by atoms with Crippen LogP contribution >= 0.6 is 11.6 Å². The first kappa shape index (κ1) is 22.8. The second-order valence-electron chi connectivity index (χ2n) is 8.75. The summed E-state index contributed by atoms with van der Waals surface area (Å²) in [6, 6.07) is 5.20. The molecule has 2 aliphatic rings. The highest BCUT2D eigenvalue weighted by molar-refractivity contribution is 6.32. The Balaban J connectivity index is 1.55. The number of allylic oxidation sites excluding steroid dienone is 2. The molecule has 0 saturated carbocycles. The molecule has 1 aliphatic carbocycles. The van der Waals surface area contributed by atoms with E-state index >= 15 is 0 Å². The van der Waals surface area contributed by atoms with E-state index in [0.717, 1.165) is 31.0 Å². The molecule has 32 heavy (non-hydrogen) atoms. The fourth-order valence-corrected chi connectivity index (χ4v) is 4.12. The summed E-state index contributed by atoms with van der Waals surface area (Å²) in [5.74, 6) is 2.10. The number of pyridine rings is 1. The highest BCUT2D eigenvalue weighted by atomic mass is 35.5. The van der Waals surface area contributed by atoms with Gasteiger partial charge in [0.15, 0.2) is 0 Å². The summed E-state index contributed by atoms with van der Waals surface area (Å²) in [7, 11) is 0. The monoisotopic (exact) mass is 464 g/mol. The van der Waals surface area contributed by atoms with Crippen LogP contribution in [0.5, 0.6) is 17.2 Å². The number of halogens is 3. The molecule has 2 aromatic rings. The predicted molar refractivity (Wildman–Crippen MR) is 118 cm³/mol. The number of alkyl halides is 2. The first-order chi connectivity index (χ1) is 15.2. The van der Waals surface area contributed by atoms with E-state index in [1.54, 1.807) is 6.20 Å². The number of benzene rings is 1. The molecule has 0 radical (unpaired) electrons. The van der Waals surface area contributed by atoms with E-state index in [-0.39, 0.29) is 17.8 Å². The van der Waals surface area contributed by atoms with Gasteiger partial charge in [-0.25, -0.2) is 0 Å². The van der Waals surface area contributed by atoms with Crippen LogP contribution in [-0.4, -0.2) is 29.6 Å². The van der Waals surface area contributed by atoms with Crippen LogP contribution < -0.4 is 14.2 Å². The third-order valence-corrected chi connectivity index (χ3v) is 6.39. The van der Waals surface area contributed by atoms with Gasteiger partial charge in [-0.2, -0.15) is 8.78 Å². The van der Waals surface area contributed by atoms with Crippen molar-refractivity contribution in [1.82, 2.24) is 9.88 Å². The molecule has 1 aromatic carbocycles. The predicted octanol–water partition coefficient (Wildman–Crippen LogP) is 6.20. The molecule has 1 aliphatic heterocycles. The van der Waals surface area contributed by atoms with Crippen molar-refractivity contribution in [3.8, 4) is 17.2 Å². The van der Waals surface area contributed by atoms with Crippen molar-refractivity contribution in [3.63, 3.8) is 0 Å². The molecule has 0 spiro atoms. The molecule has 0 N–H and O–H groups in total. The summed E-state index contributed by atoms with van der Waals surface area (Å²) < 4.78 is 41.7. The fourth-order valence-electron chi connectivity index (χ4n) is 3.89. The van der Waals surface area contributed by atoms with Gasteiger partial charge in [0.1, 0.15) is 29.6 Å². The Morgan fingerprint density at radius 2 is 1.84 bits per heavy atom. The number of likely N-dealkylation sites (tertiary alicyclic amines) is 1. The quantitative estimate of drug-likeness (QED) is 0.441. The van der Waals surface area contributed by atoms with Gasteiger partial charge in [0.25, 0.3) is 0 Å². The molecular formula is C24H27ClF2N2O3. The van der Waals surface area contributed by atoms with Crippen molar-refractivity contribution in [2.24, 2.45) is 5.41 Å². The van der Waals surface area contributed by atoms with Gasteiger partial charge in [0.2, 0.25) is 0 Å². The second-order valence-corrected chi connectivity index (χ2v) is 9.16. The number of hydrogen-bond donors (Lipinski definition) is 0. The normalized spacial score (nSPS) is 17.7. The maximum Gasteiger partial charge on any atom is 0.387 e. The lowest BCUT2D eigenvalue weighted by Crippen LogP contribution is -2.19. The molecule has 8 heteroatoms. The lowest BCUT2D eigenvalue weighted by Gasteiger charge is -2.20. The van der Waals surface area contributed by atoms with Gasteiger partial charge in [-0.3, -0.25) is 9.88 Å². The van der Waals surface area contributed by atoms with E-state index in [4.69, 9.17) is 21.1 Å². The average Bonchev–Trinajstić information content (AvgIpc) is 3.08. The van der Waals surface area contributed by atoms with Crippen LogP contribution in [0.25, 0.3) is 0 Å². The van der Waals surface area contributed by atoms with E-state index in [1.807, 2.05) is 19.1 Å². The minimum Gasteiger partial charge on any atom is -0.488 e. The minimum absolute atomic E-state index is 0.00287. The highest BCUT2D eigenvalue weighted by Gasteiger charge is 2.45. The van der Waals surface area contributed by atoms with E-state index in [0.29, 0.717) is 22.1 Å². The third kappa shape index (κ3) is 5.15. The van der Waals surface area contributed by atoms with E-state index in [2.05, 4.69) is 28.5 Å². The first-order valence-corrected chi connectivity index (χ1v) is 11.1. The van der Waals surface area contributed by atoms with Gasteiger partial charge in [-0.15, -0.1) is 0 Å². The summed E-state index contributed by atoms with van der Waals surface area (Å²) in [6.45, 7) is 6.28. The molecule has 1 aromatic heterocycles. The third-order valence-electron chi connectivity index (χ3n) is 6.09. The van der Waals surface area contributed by atoms with Crippen molar-refractivity contribution in [2.75, 3.05) is 13.1 Å². The van der Waals surface area contributed by atoms with Crippen LogP contribution in [-0.2, 0) is 13.2 Å². The zero-order valence-corrected chi connectivity index (χ0v) is 19.2. The number of aromatic nitrogens is 1. The number of nitrogens with zero attached hydrogens (tertiary/aromatic N) is 2. The zero-order valence-electron chi connectivity index (χ0n) is 18.5. The van der Waals surface area contributed by atoms with Gasteiger partial charge < -0.3 is 14.2 Å². The Kier molecular flexibility index (Phi) is 6.58. The van der Waals surface area contributed by atoms with Crippen LogP contribution in [0.15, 0.2) is 41.9 Å². The smallest absolute Gasteiger partial charge is 0.387 e. The summed E-state index contributed by atoms with van der Waals surface area (Å²) in [5.41, 5.74) is 2.71. The van der Waals surface area contributed by atoms with Gasteiger partial charge in [0, 0.05) is 35.3 Å². The lowest BCUT2D eigenvalue weighted by molar-refractivity contribution is -0.0501. The van der Waals surface area contributed by atoms with Crippen molar-refractivity contribution in [1.29, 1.82) is 0 Å². The molecule has 172 valence electrons. The Labute approximate surface area is 191 Å². The largest absolute Gasteiger partial charge is 0.488 e. The summed E-state index contributed by atoms with van der Waals surface area (Å²) in [5, 5.41) is 0.531. The van der Waals surface area contributed by atoms with Crippen molar-refractivity contribution in [2.45, 2.75) is 53.4 Å². The maximum atomic E-state index is 12.5. The van der Waals surface area contributed by atoms with Crippen molar-refractivity contribution >= 4 is 11.6 Å². The molecular weight excluding hydrogens is 438 g/mol. The molecule has 0 bridgehead atoms. The molecule has 0 atom stereocenters. The van der Waals surface area contributed by atoms with Crippen molar-refractivity contribution in [3.05, 3.63) is 58.1 Å². The number of ether oxygens (including phenoxy) is 3. The minimum atomic E-state index is -2.90. The van der Waals surface area contributed by atoms with Crippen molar-refractivity contribution < 1.29 is 23.0 Å². The topological polar surface area (TPSA) is 43.8 Å². The number of hydrogen-bond acceptors (Lipinski definition) is 5. The standard InChI is InChI=1S/C24H27ClF2N2O3/c1-15-22(24(15,2)3)32-21-10-20(17(9-19(21)25)13-29-6-4-5-7-29)30-14-16-8-18(12-28-11-16)31-23(26)27/h8-12,23H,4-7,13-14H2,1-3H3. The van der Waals surface area contributed by atoms with Gasteiger partial charge in [-0.05, 0) is 64.4 Å². The molecule has 4 rings (SSSR count). The van der Waals surface area contributed by atoms with Gasteiger partial charge in [-0.1, -0.05) is 11.6 Å². The molecule has 0 unspecified atom stereocenters. The summed E-state index contributed by atoms with van der Waals surface area (Å²) in [6.07, 6.45) is 5.16. The van der Waals surface area contributed by atoms with E-state index < -0.39 is 6.61 Å². The molecule has 1 fully saturated rings. The maximum absolute atomic E-state index is 12.5. The Bertz CT molecular complexity index is 1020. The molecule has 2 heterocycles.